The van der Waals surface area contributed by atoms with Crippen molar-refractivity contribution in [3.8, 4) is 11.4 Å². The molecule has 0 bridgehead atoms. The predicted octanol–water partition coefficient (Wildman–Crippen LogP) is 1.54. The van der Waals surface area contributed by atoms with Crippen molar-refractivity contribution in [3.05, 3.63) is 82.4 Å². The minimum Gasteiger partial charge on any atom is -0.484 e. The van der Waals surface area contributed by atoms with Crippen molar-refractivity contribution in [1.82, 2.24) is 35.5 Å². The van der Waals surface area contributed by atoms with Gasteiger partial charge in [0.05, 0.1) is 5.69 Å². The normalized spacial score (nSPS) is 10.6. The van der Waals surface area contributed by atoms with E-state index in [1.165, 1.54) is 36.1 Å². The predicted molar refractivity (Wildman–Crippen MR) is 121 cm³/mol. The van der Waals surface area contributed by atoms with E-state index in [0.29, 0.717) is 17.9 Å². The maximum atomic E-state index is 14.5. The van der Waals surface area contributed by atoms with Gasteiger partial charge in [-0.15, -0.1) is 10.2 Å². The number of aryl methyl sites for hydroxylation is 2. The van der Waals surface area contributed by atoms with Gasteiger partial charge in [-0.2, -0.15) is 5.21 Å². The van der Waals surface area contributed by atoms with Crippen LogP contribution in [0.4, 0.5) is 15.9 Å². The number of ether oxygens (including phenoxy) is 1. The molecule has 0 aliphatic carbocycles. The van der Waals surface area contributed by atoms with Crippen LogP contribution in [0.25, 0.3) is 5.69 Å². The Bertz CT molecular complexity index is 1320. The number of amides is 1. The number of anilines is 2. The fourth-order valence-electron chi connectivity index (χ4n) is 3.10. The van der Waals surface area contributed by atoms with Gasteiger partial charge in [0.15, 0.2) is 18.2 Å². The van der Waals surface area contributed by atoms with E-state index in [-0.39, 0.29) is 29.8 Å². The SMILES string of the molecule is CNC(=O)COc1ccc(Nc2nccn(-c3ccc(CCc4nn[nH]n4)cc3)c2=O)c(F)c1. The van der Waals surface area contributed by atoms with E-state index < -0.39 is 11.4 Å². The lowest BCUT2D eigenvalue weighted by atomic mass is 10.1. The lowest BCUT2D eigenvalue weighted by molar-refractivity contribution is -0.122. The molecule has 12 heteroatoms. The van der Waals surface area contributed by atoms with Gasteiger partial charge < -0.3 is 15.4 Å². The van der Waals surface area contributed by atoms with Gasteiger partial charge in [-0.25, -0.2) is 9.37 Å². The highest BCUT2D eigenvalue weighted by atomic mass is 19.1. The van der Waals surface area contributed by atoms with Gasteiger partial charge in [0, 0.05) is 37.6 Å². The molecule has 0 radical (unpaired) electrons. The number of benzene rings is 2. The standard InChI is InChI=1S/C22H21FN8O3/c1-24-20(32)13-34-16-7-8-18(17(23)12-16)26-21-22(33)31(11-10-25-21)15-5-2-14(3-6-15)4-9-19-27-29-30-28-19/h2-3,5-8,10-12H,4,9,13H2,1H3,(H,24,32)(H,25,26)(H,27,28,29,30). The molecule has 0 saturated carbocycles. The Morgan fingerprint density at radius 2 is 2.00 bits per heavy atom. The van der Waals surface area contributed by atoms with Gasteiger partial charge >= 0.3 is 0 Å². The summed E-state index contributed by atoms with van der Waals surface area (Å²) in [6.45, 7) is -0.233. The van der Waals surface area contributed by atoms with E-state index in [1.54, 1.807) is 0 Å². The fraction of sp³-hybridized carbons (Fsp3) is 0.182. The number of nitrogens with zero attached hydrogens (tertiary/aromatic N) is 5. The average Bonchev–Trinajstić information content (AvgIpc) is 3.38. The number of halogens is 1. The number of carbonyl (C=O) groups excluding carboxylic acids is 1. The van der Waals surface area contributed by atoms with Crippen LogP contribution in [0.2, 0.25) is 0 Å². The van der Waals surface area contributed by atoms with Crippen molar-refractivity contribution >= 4 is 17.4 Å². The minimum atomic E-state index is -0.656. The summed E-state index contributed by atoms with van der Waals surface area (Å²) in [4.78, 5) is 28.3. The molecule has 4 aromatic rings. The van der Waals surface area contributed by atoms with E-state index in [9.17, 15) is 14.0 Å². The molecular weight excluding hydrogens is 443 g/mol. The second-order valence-corrected chi connectivity index (χ2v) is 7.17. The van der Waals surface area contributed by atoms with Crippen molar-refractivity contribution in [3.63, 3.8) is 0 Å². The van der Waals surface area contributed by atoms with Crippen molar-refractivity contribution in [2.45, 2.75) is 12.8 Å². The van der Waals surface area contributed by atoms with E-state index in [4.69, 9.17) is 4.74 Å². The van der Waals surface area contributed by atoms with Crippen LogP contribution in [0.15, 0.2) is 59.7 Å². The molecule has 4 rings (SSSR count). The second kappa shape index (κ2) is 10.3. The maximum absolute atomic E-state index is 14.5. The number of hydrogen-bond acceptors (Lipinski definition) is 8. The Morgan fingerprint density at radius 1 is 1.18 bits per heavy atom. The van der Waals surface area contributed by atoms with Gasteiger partial charge in [0.2, 0.25) is 0 Å². The molecule has 2 aromatic heterocycles. The van der Waals surface area contributed by atoms with E-state index in [1.807, 2.05) is 24.3 Å². The van der Waals surface area contributed by atoms with Crippen molar-refractivity contribution in [1.29, 1.82) is 0 Å². The number of aromatic amines is 1. The van der Waals surface area contributed by atoms with Crippen molar-refractivity contribution < 1.29 is 13.9 Å². The molecular formula is C22H21FN8O3. The Balaban J connectivity index is 1.47. The fourth-order valence-corrected chi connectivity index (χ4v) is 3.10. The monoisotopic (exact) mass is 464 g/mol. The second-order valence-electron chi connectivity index (χ2n) is 7.17. The minimum absolute atomic E-state index is 0.0402. The van der Waals surface area contributed by atoms with E-state index in [0.717, 1.165) is 18.1 Å². The molecule has 34 heavy (non-hydrogen) atoms. The zero-order valence-corrected chi connectivity index (χ0v) is 18.2. The van der Waals surface area contributed by atoms with Gasteiger partial charge in [-0.05, 0) is 36.2 Å². The number of carbonyl (C=O) groups is 1. The third kappa shape index (κ3) is 5.41. The van der Waals surface area contributed by atoms with Crippen LogP contribution in [-0.4, -0.2) is 49.7 Å². The lowest BCUT2D eigenvalue weighted by Crippen LogP contribution is -2.24. The van der Waals surface area contributed by atoms with Crippen LogP contribution in [0.3, 0.4) is 0 Å². The Hall–Kier alpha value is -4.61. The molecule has 2 heterocycles. The van der Waals surface area contributed by atoms with E-state index in [2.05, 4.69) is 36.2 Å². The summed E-state index contributed by atoms with van der Waals surface area (Å²) in [6.07, 6.45) is 4.35. The number of hydrogen-bond donors (Lipinski definition) is 3. The van der Waals surface area contributed by atoms with Gasteiger partial charge in [0.1, 0.15) is 11.6 Å². The molecule has 0 spiro atoms. The first-order valence-corrected chi connectivity index (χ1v) is 10.3. The lowest BCUT2D eigenvalue weighted by Gasteiger charge is -2.11. The number of aromatic nitrogens is 6. The summed E-state index contributed by atoms with van der Waals surface area (Å²) in [6, 6.07) is 11.5. The summed E-state index contributed by atoms with van der Waals surface area (Å²) in [7, 11) is 1.48. The highest BCUT2D eigenvalue weighted by Crippen LogP contribution is 2.22. The van der Waals surface area contributed by atoms with Crippen molar-refractivity contribution in [2.24, 2.45) is 0 Å². The Morgan fingerprint density at radius 3 is 2.71 bits per heavy atom. The molecule has 0 atom stereocenters. The first kappa shape index (κ1) is 22.6. The van der Waals surface area contributed by atoms with Gasteiger partial charge in [0.25, 0.3) is 11.5 Å². The molecule has 0 unspecified atom stereocenters. The van der Waals surface area contributed by atoms with Crippen molar-refractivity contribution in [2.75, 3.05) is 19.0 Å². The third-order valence-electron chi connectivity index (χ3n) is 4.92. The summed E-state index contributed by atoms with van der Waals surface area (Å²) < 4.78 is 21.2. The first-order chi connectivity index (χ1) is 16.5. The van der Waals surface area contributed by atoms with E-state index >= 15 is 0 Å². The average molecular weight is 464 g/mol. The molecule has 11 nitrogen and oxygen atoms in total. The Kier molecular flexibility index (Phi) is 6.87. The van der Waals surface area contributed by atoms with Crippen LogP contribution in [0.1, 0.15) is 11.4 Å². The summed E-state index contributed by atoms with van der Waals surface area (Å²) in [5, 5.41) is 18.9. The molecule has 0 aliphatic heterocycles. The summed E-state index contributed by atoms with van der Waals surface area (Å²) in [5.74, 6) is -0.219. The smallest absolute Gasteiger partial charge is 0.298 e. The number of rotatable bonds is 9. The third-order valence-corrected chi connectivity index (χ3v) is 4.92. The topological polar surface area (TPSA) is 140 Å². The largest absolute Gasteiger partial charge is 0.484 e. The van der Waals surface area contributed by atoms with Crippen LogP contribution in [0.5, 0.6) is 5.75 Å². The molecule has 0 aliphatic rings. The maximum Gasteiger partial charge on any atom is 0.298 e. The zero-order chi connectivity index (χ0) is 23.9. The van der Waals surface area contributed by atoms with Gasteiger partial charge in [-0.3, -0.25) is 14.2 Å². The molecule has 3 N–H and O–H groups in total. The number of H-pyrrole nitrogens is 1. The number of likely N-dealkylation sites (N-methyl/N-ethyl adjacent to an activating group) is 1. The highest BCUT2D eigenvalue weighted by molar-refractivity contribution is 5.77. The summed E-state index contributed by atoms with van der Waals surface area (Å²) >= 11 is 0. The molecule has 0 fully saturated rings. The molecule has 2 aromatic carbocycles. The summed E-state index contributed by atoms with van der Waals surface area (Å²) in [5.41, 5.74) is 1.29. The zero-order valence-electron chi connectivity index (χ0n) is 18.2. The highest BCUT2D eigenvalue weighted by Gasteiger charge is 2.11. The van der Waals surface area contributed by atoms with Gasteiger partial charge in [-0.1, -0.05) is 17.3 Å². The Labute approximate surface area is 193 Å². The van der Waals surface area contributed by atoms with Crippen LogP contribution in [-0.2, 0) is 17.6 Å². The van der Waals surface area contributed by atoms with Crippen LogP contribution < -0.4 is 20.9 Å². The first-order valence-electron chi connectivity index (χ1n) is 10.3. The molecule has 1 amide bonds. The van der Waals surface area contributed by atoms with Crippen LogP contribution >= 0.6 is 0 Å². The number of nitrogens with one attached hydrogen (secondary N) is 3. The van der Waals surface area contributed by atoms with Crippen LogP contribution in [0, 0.1) is 5.82 Å². The molecule has 174 valence electrons. The quantitative estimate of drug-likeness (QED) is 0.339. The number of tetrazole rings is 1. The molecule has 0 saturated heterocycles.